The first-order chi connectivity index (χ1) is 14.5. The number of aromatic carboxylic acids is 1. The van der Waals surface area contributed by atoms with E-state index in [1.165, 1.54) is 20.4 Å². The van der Waals surface area contributed by atoms with Gasteiger partial charge in [-0.2, -0.15) is 5.26 Å². The van der Waals surface area contributed by atoms with E-state index < -0.39 is 5.97 Å². The van der Waals surface area contributed by atoms with E-state index in [4.69, 9.17) is 14.2 Å². The first kappa shape index (κ1) is 19.0. The van der Waals surface area contributed by atoms with Crippen LogP contribution in [-0.4, -0.2) is 30.3 Å². The fourth-order valence-corrected chi connectivity index (χ4v) is 3.31. The summed E-state index contributed by atoms with van der Waals surface area (Å²) in [5.74, 6) is 0.791. The number of benzene rings is 3. The Morgan fingerprint density at radius 3 is 2.50 bits per heavy atom. The molecule has 0 aliphatic rings. The van der Waals surface area contributed by atoms with E-state index in [1.807, 2.05) is 0 Å². The summed E-state index contributed by atoms with van der Waals surface area (Å²) >= 11 is 0. The molecule has 0 bridgehead atoms. The number of carboxylic acid groups (broad SMARTS) is 1. The maximum atomic E-state index is 11.4. The van der Waals surface area contributed by atoms with E-state index >= 15 is 0 Å². The Morgan fingerprint density at radius 2 is 1.80 bits per heavy atom. The van der Waals surface area contributed by atoms with Gasteiger partial charge in [-0.05, 0) is 41.1 Å². The summed E-state index contributed by atoms with van der Waals surface area (Å²) in [6.07, 6.45) is 1.44. The maximum Gasteiger partial charge on any atom is 0.336 e. The Kier molecular flexibility index (Phi) is 4.82. The molecule has 0 aliphatic heterocycles. The number of methoxy groups -OCH3 is 2. The van der Waals surface area contributed by atoms with Crippen molar-refractivity contribution in [1.82, 2.24) is 4.98 Å². The van der Waals surface area contributed by atoms with Crippen LogP contribution in [0.4, 0.5) is 0 Å². The molecule has 1 heterocycles. The molecule has 0 saturated heterocycles. The predicted octanol–water partition coefficient (Wildman–Crippen LogP) is 4.77. The van der Waals surface area contributed by atoms with Gasteiger partial charge in [-0.3, -0.25) is 4.98 Å². The summed E-state index contributed by atoms with van der Waals surface area (Å²) in [6, 6.07) is 15.6. The molecule has 0 spiro atoms. The van der Waals surface area contributed by atoms with Crippen molar-refractivity contribution in [2.75, 3.05) is 14.2 Å². The van der Waals surface area contributed by atoms with Crippen molar-refractivity contribution in [3.8, 4) is 29.1 Å². The number of ether oxygens (including phenoxy) is 3. The molecule has 0 unspecified atom stereocenters. The topological polar surface area (TPSA) is 102 Å². The molecule has 0 aliphatic carbocycles. The van der Waals surface area contributed by atoms with E-state index in [2.05, 4.69) is 11.1 Å². The van der Waals surface area contributed by atoms with Crippen molar-refractivity contribution in [2.24, 2.45) is 0 Å². The lowest BCUT2D eigenvalue weighted by molar-refractivity contribution is 0.0699. The molecular formula is C23H16N2O5. The van der Waals surface area contributed by atoms with Crippen molar-refractivity contribution < 1.29 is 24.1 Å². The van der Waals surface area contributed by atoms with Crippen LogP contribution in [0, 0.1) is 11.3 Å². The summed E-state index contributed by atoms with van der Waals surface area (Å²) in [6.45, 7) is 0. The Balaban J connectivity index is 1.87. The Hall–Kier alpha value is -4.31. The van der Waals surface area contributed by atoms with Gasteiger partial charge >= 0.3 is 5.97 Å². The second kappa shape index (κ2) is 7.60. The molecule has 148 valence electrons. The monoisotopic (exact) mass is 400 g/mol. The molecule has 0 amide bonds. The van der Waals surface area contributed by atoms with Crippen molar-refractivity contribution in [3.05, 3.63) is 65.9 Å². The van der Waals surface area contributed by atoms with Crippen molar-refractivity contribution >= 4 is 27.6 Å². The van der Waals surface area contributed by atoms with Gasteiger partial charge in [0.15, 0.2) is 17.2 Å². The molecule has 0 atom stereocenters. The van der Waals surface area contributed by atoms with Crippen LogP contribution in [0.15, 0.2) is 54.7 Å². The number of rotatable bonds is 5. The molecule has 1 aromatic heterocycles. The third-order valence-corrected chi connectivity index (χ3v) is 4.75. The minimum atomic E-state index is -0.998. The lowest BCUT2D eigenvalue weighted by Gasteiger charge is -2.14. The minimum absolute atomic E-state index is 0.211. The van der Waals surface area contributed by atoms with Crippen LogP contribution in [-0.2, 0) is 0 Å². The number of pyridine rings is 1. The van der Waals surface area contributed by atoms with Crippen LogP contribution < -0.4 is 14.2 Å². The largest absolute Gasteiger partial charge is 0.493 e. The number of nitriles is 1. The standard InChI is InChI=1S/C23H16N2O5/c1-28-20-9-18-19(10-21(20)29-2)25-12-14(11-24)22(18)30-15-6-7-16-13(8-15)4-3-5-17(16)23(26)27/h3-10,12H,1-2H3,(H,26,27). The Morgan fingerprint density at radius 1 is 1.03 bits per heavy atom. The normalized spacial score (nSPS) is 10.6. The van der Waals surface area contributed by atoms with Crippen LogP contribution in [0.3, 0.4) is 0 Å². The Bertz CT molecular complexity index is 1340. The molecule has 0 radical (unpaired) electrons. The molecular weight excluding hydrogens is 384 g/mol. The van der Waals surface area contributed by atoms with Gasteiger partial charge in [-0.15, -0.1) is 0 Å². The summed E-state index contributed by atoms with van der Waals surface area (Å²) < 4.78 is 16.8. The number of fused-ring (bicyclic) bond motifs is 2. The molecule has 4 rings (SSSR count). The highest BCUT2D eigenvalue weighted by Crippen LogP contribution is 2.39. The molecule has 30 heavy (non-hydrogen) atoms. The van der Waals surface area contributed by atoms with Gasteiger partial charge in [-0.1, -0.05) is 12.1 Å². The Labute approximate surface area is 171 Å². The first-order valence-corrected chi connectivity index (χ1v) is 8.94. The summed E-state index contributed by atoms with van der Waals surface area (Å²) in [5.41, 5.74) is 1.05. The molecule has 3 aromatic carbocycles. The minimum Gasteiger partial charge on any atom is -0.493 e. The second-order valence-electron chi connectivity index (χ2n) is 6.43. The highest BCUT2D eigenvalue weighted by atomic mass is 16.5. The lowest BCUT2D eigenvalue weighted by Crippen LogP contribution is -1.98. The molecule has 7 nitrogen and oxygen atoms in total. The van der Waals surface area contributed by atoms with Crippen LogP contribution in [0.1, 0.15) is 15.9 Å². The van der Waals surface area contributed by atoms with Gasteiger partial charge in [0, 0.05) is 17.6 Å². The van der Waals surface area contributed by atoms with E-state index in [9.17, 15) is 15.2 Å². The van der Waals surface area contributed by atoms with Crippen LogP contribution in [0.5, 0.6) is 23.0 Å². The molecule has 0 fully saturated rings. The average Bonchev–Trinajstić information content (AvgIpc) is 2.77. The lowest BCUT2D eigenvalue weighted by atomic mass is 10.0. The predicted molar refractivity (Wildman–Crippen MR) is 111 cm³/mol. The fraction of sp³-hybridized carbons (Fsp3) is 0.0870. The van der Waals surface area contributed by atoms with Crippen LogP contribution in [0.2, 0.25) is 0 Å². The first-order valence-electron chi connectivity index (χ1n) is 8.94. The third kappa shape index (κ3) is 3.20. The van der Waals surface area contributed by atoms with Crippen LogP contribution in [0.25, 0.3) is 21.7 Å². The highest BCUT2D eigenvalue weighted by Gasteiger charge is 2.16. The van der Waals surface area contributed by atoms with E-state index in [-0.39, 0.29) is 11.1 Å². The van der Waals surface area contributed by atoms with Crippen molar-refractivity contribution in [1.29, 1.82) is 5.26 Å². The molecule has 7 heteroatoms. The quantitative estimate of drug-likeness (QED) is 0.515. The summed E-state index contributed by atoms with van der Waals surface area (Å²) in [7, 11) is 3.06. The van der Waals surface area contributed by atoms with Gasteiger partial charge in [-0.25, -0.2) is 4.79 Å². The molecule has 1 N–H and O–H groups in total. The number of hydrogen-bond acceptors (Lipinski definition) is 6. The zero-order valence-corrected chi connectivity index (χ0v) is 16.2. The molecule has 0 saturated carbocycles. The van der Waals surface area contributed by atoms with Crippen molar-refractivity contribution in [2.45, 2.75) is 0 Å². The smallest absolute Gasteiger partial charge is 0.336 e. The van der Waals surface area contributed by atoms with Crippen LogP contribution >= 0.6 is 0 Å². The zero-order chi connectivity index (χ0) is 21.3. The van der Waals surface area contributed by atoms with E-state index in [1.54, 1.807) is 48.5 Å². The third-order valence-electron chi connectivity index (χ3n) is 4.75. The van der Waals surface area contributed by atoms with Gasteiger partial charge in [0.25, 0.3) is 0 Å². The van der Waals surface area contributed by atoms with Gasteiger partial charge in [0.2, 0.25) is 0 Å². The number of carbonyl (C=O) groups is 1. The van der Waals surface area contributed by atoms with Gasteiger partial charge in [0.1, 0.15) is 17.4 Å². The summed E-state index contributed by atoms with van der Waals surface area (Å²) in [5, 5.41) is 20.8. The molecule has 4 aromatic rings. The SMILES string of the molecule is COc1cc2ncc(C#N)c(Oc3ccc4c(C(=O)O)cccc4c3)c2cc1OC. The summed E-state index contributed by atoms with van der Waals surface area (Å²) in [4.78, 5) is 15.8. The number of aromatic nitrogens is 1. The van der Waals surface area contributed by atoms with Crippen molar-refractivity contribution in [3.63, 3.8) is 0 Å². The van der Waals surface area contributed by atoms with E-state index in [0.29, 0.717) is 44.7 Å². The highest BCUT2D eigenvalue weighted by molar-refractivity contribution is 6.04. The maximum absolute atomic E-state index is 11.4. The fourth-order valence-electron chi connectivity index (χ4n) is 3.31. The van der Waals surface area contributed by atoms with E-state index in [0.717, 1.165) is 0 Å². The number of carboxylic acids is 1. The number of hydrogen-bond donors (Lipinski definition) is 1. The van der Waals surface area contributed by atoms with Gasteiger partial charge < -0.3 is 19.3 Å². The zero-order valence-electron chi connectivity index (χ0n) is 16.2. The average molecular weight is 400 g/mol. The second-order valence-corrected chi connectivity index (χ2v) is 6.43. The number of nitrogens with zero attached hydrogens (tertiary/aromatic N) is 2. The van der Waals surface area contributed by atoms with Gasteiger partial charge in [0.05, 0.1) is 25.3 Å².